The van der Waals surface area contributed by atoms with E-state index in [4.69, 9.17) is 4.74 Å². The first-order valence-corrected chi connectivity index (χ1v) is 10.1. The molecule has 2 heterocycles. The fourth-order valence-electron chi connectivity index (χ4n) is 3.83. The zero-order chi connectivity index (χ0) is 19.0. The molecule has 1 aromatic heterocycles. The number of hydrogen-bond donors (Lipinski definition) is 1. The normalized spacial score (nSPS) is 20.1. The van der Waals surface area contributed by atoms with Crippen LogP contribution in [0.5, 0.6) is 0 Å². The number of aromatic nitrogens is 3. The molecule has 1 aliphatic heterocycles. The Morgan fingerprint density at radius 2 is 2.00 bits per heavy atom. The SMILES string of the molecule is CCOC(=O)c1nnn2c1SC(C(=O)c1ccc(C)cc1)C1(CCCC1)N2. The number of carbonyl (C=O) groups excluding carboxylic acids is 2. The molecule has 7 nitrogen and oxygen atoms in total. The van der Waals surface area contributed by atoms with Crippen LogP contribution in [-0.2, 0) is 4.74 Å². The molecule has 1 N–H and O–H groups in total. The van der Waals surface area contributed by atoms with Crippen LogP contribution in [0.1, 0.15) is 59.0 Å². The number of rotatable bonds is 4. The van der Waals surface area contributed by atoms with E-state index >= 15 is 0 Å². The fourth-order valence-corrected chi connectivity index (χ4v) is 5.23. The summed E-state index contributed by atoms with van der Waals surface area (Å²) < 4.78 is 5.08. The van der Waals surface area contributed by atoms with Crippen LogP contribution < -0.4 is 5.43 Å². The van der Waals surface area contributed by atoms with E-state index in [9.17, 15) is 9.59 Å². The predicted molar refractivity (Wildman–Crippen MR) is 102 cm³/mol. The molecule has 2 aliphatic rings. The van der Waals surface area contributed by atoms with E-state index in [1.165, 1.54) is 11.8 Å². The monoisotopic (exact) mass is 386 g/mol. The highest BCUT2D eigenvalue weighted by molar-refractivity contribution is 8.00. The van der Waals surface area contributed by atoms with Gasteiger partial charge in [-0.3, -0.25) is 10.2 Å². The van der Waals surface area contributed by atoms with Gasteiger partial charge >= 0.3 is 5.97 Å². The number of nitrogens with zero attached hydrogens (tertiary/aromatic N) is 3. The van der Waals surface area contributed by atoms with E-state index in [1.807, 2.05) is 31.2 Å². The van der Waals surface area contributed by atoms with Crippen LogP contribution >= 0.6 is 11.8 Å². The van der Waals surface area contributed by atoms with E-state index in [0.29, 0.717) is 10.6 Å². The molecule has 0 bridgehead atoms. The highest BCUT2D eigenvalue weighted by Crippen LogP contribution is 2.46. The molecule has 1 unspecified atom stereocenters. The average Bonchev–Trinajstić information content (AvgIpc) is 3.29. The van der Waals surface area contributed by atoms with Crippen molar-refractivity contribution < 1.29 is 14.3 Å². The van der Waals surface area contributed by atoms with Crippen molar-refractivity contribution in [2.45, 2.75) is 55.3 Å². The van der Waals surface area contributed by atoms with Crippen molar-refractivity contribution in [1.29, 1.82) is 0 Å². The molecular formula is C19H22N4O3S. The molecule has 4 rings (SSSR count). The Kier molecular flexibility index (Phi) is 4.67. The Balaban J connectivity index is 1.71. The Bertz CT molecular complexity index is 872. The van der Waals surface area contributed by atoms with Crippen LogP contribution in [0.3, 0.4) is 0 Å². The Morgan fingerprint density at radius 1 is 1.30 bits per heavy atom. The molecule has 142 valence electrons. The summed E-state index contributed by atoms with van der Waals surface area (Å²) in [7, 11) is 0. The molecule has 0 saturated heterocycles. The number of nitrogens with one attached hydrogen (secondary N) is 1. The third-order valence-electron chi connectivity index (χ3n) is 5.23. The fraction of sp³-hybridized carbons (Fsp3) is 0.474. The molecule has 1 aromatic carbocycles. The van der Waals surface area contributed by atoms with Gasteiger partial charge in [-0.2, -0.15) is 4.79 Å². The van der Waals surface area contributed by atoms with Gasteiger partial charge in [0, 0.05) is 5.56 Å². The van der Waals surface area contributed by atoms with Gasteiger partial charge in [-0.15, -0.1) is 5.10 Å². The summed E-state index contributed by atoms with van der Waals surface area (Å²) in [4.78, 5) is 27.1. The highest BCUT2D eigenvalue weighted by atomic mass is 32.2. The molecule has 0 amide bonds. The molecule has 1 saturated carbocycles. The lowest BCUT2D eigenvalue weighted by Crippen LogP contribution is -2.55. The molecule has 1 spiro atoms. The predicted octanol–water partition coefficient (Wildman–Crippen LogP) is 2.98. The van der Waals surface area contributed by atoms with Gasteiger partial charge in [0.15, 0.2) is 10.8 Å². The molecule has 2 aromatic rings. The third kappa shape index (κ3) is 3.12. The summed E-state index contributed by atoms with van der Waals surface area (Å²) in [6, 6.07) is 7.64. The number of carbonyl (C=O) groups is 2. The van der Waals surface area contributed by atoms with Crippen LogP contribution in [-0.4, -0.2) is 44.3 Å². The average molecular weight is 386 g/mol. The van der Waals surface area contributed by atoms with Crippen LogP contribution in [0, 0.1) is 6.92 Å². The molecule has 0 radical (unpaired) electrons. The van der Waals surface area contributed by atoms with Crippen molar-refractivity contribution in [3.8, 4) is 0 Å². The van der Waals surface area contributed by atoms with Crippen molar-refractivity contribution in [2.24, 2.45) is 0 Å². The first-order valence-electron chi connectivity index (χ1n) is 9.22. The first-order chi connectivity index (χ1) is 13.0. The largest absolute Gasteiger partial charge is 0.461 e. The van der Waals surface area contributed by atoms with E-state index < -0.39 is 5.97 Å². The number of thioether (sulfide) groups is 1. The van der Waals surface area contributed by atoms with Crippen molar-refractivity contribution in [1.82, 2.24) is 15.1 Å². The Morgan fingerprint density at radius 3 is 2.67 bits per heavy atom. The number of ketones is 1. The van der Waals surface area contributed by atoms with Crippen molar-refractivity contribution >= 4 is 23.5 Å². The minimum atomic E-state index is -0.517. The minimum Gasteiger partial charge on any atom is -0.461 e. The van der Waals surface area contributed by atoms with Gasteiger partial charge in [0.25, 0.3) is 0 Å². The van der Waals surface area contributed by atoms with Gasteiger partial charge in [-0.1, -0.05) is 54.4 Å². The summed E-state index contributed by atoms with van der Waals surface area (Å²) in [5, 5.41) is 8.27. The van der Waals surface area contributed by atoms with E-state index in [1.54, 1.807) is 11.7 Å². The second-order valence-electron chi connectivity index (χ2n) is 7.08. The van der Waals surface area contributed by atoms with Gasteiger partial charge in [0.1, 0.15) is 0 Å². The zero-order valence-corrected chi connectivity index (χ0v) is 16.2. The summed E-state index contributed by atoms with van der Waals surface area (Å²) >= 11 is 1.37. The van der Waals surface area contributed by atoms with Crippen LogP contribution in [0.4, 0.5) is 0 Å². The van der Waals surface area contributed by atoms with Crippen molar-refractivity contribution in [3.05, 3.63) is 41.1 Å². The lowest BCUT2D eigenvalue weighted by atomic mass is 9.88. The molecular weight excluding hydrogens is 364 g/mol. The van der Waals surface area contributed by atoms with E-state index in [-0.39, 0.29) is 28.9 Å². The Hall–Kier alpha value is -2.35. The number of hydrogen-bond acceptors (Lipinski definition) is 7. The number of ether oxygens (including phenoxy) is 1. The topological polar surface area (TPSA) is 86.1 Å². The summed E-state index contributed by atoms with van der Waals surface area (Å²) in [6.07, 6.45) is 3.88. The highest BCUT2D eigenvalue weighted by Gasteiger charge is 2.50. The third-order valence-corrected chi connectivity index (χ3v) is 6.72. The van der Waals surface area contributed by atoms with Crippen LogP contribution in [0.25, 0.3) is 0 Å². The molecule has 27 heavy (non-hydrogen) atoms. The smallest absolute Gasteiger partial charge is 0.361 e. The van der Waals surface area contributed by atoms with Crippen molar-refractivity contribution in [2.75, 3.05) is 12.0 Å². The molecule has 8 heteroatoms. The maximum Gasteiger partial charge on any atom is 0.361 e. The second kappa shape index (κ2) is 6.99. The summed E-state index contributed by atoms with van der Waals surface area (Å²) in [5.41, 5.74) is 4.98. The summed E-state index contributed by atoms with van der Waals surface area (Å²) in [6.45, 7) is 4.01. The van der Waals surface area contributed by atoms with E-state index in [0.717, 1.165) is 31.2 Å². The molecule has 1 atom stereocenters. The van der Waals surface area contributed by atoms with E-state index in [2.05, 4.69) is 15.7 Å². The Labute approximate surface area is 161 Å². The lowest BCUT2D eigenvalue weighted by Gasteiger charge is -2.41. The zero-order valence-electron chi connectivity index (χ0n) is 15.4. The lowest BCUT2D eigenvalue weighted by molar-refractivity contribution is 0.0514. The number of Topliss-reactive ketones (excluding diaryl/α,β-unsaturated/α-hetero) is 1. The molecule has 1 aliphatic carbocycles. The number of esters is 1. The quantitative estimate of drug-likeness (QED) is 0.638. The van der Waals surface area contributed by atoms with Crippen molar-refractivity contribution in [3.63, 3.8) is 0 Å². The van der Waals surface area contributed by atoms with Gasteiger partial charge in [0.05, 0.1) is 17.4 Å². The van der Waals surface area contributed by atoms with Crippen LogP contribution in [0.2, 0.25) is 0 Å². The van der Waals surface area contributed by atoms with Gasteiger partial charge in [0.2, 0.25) is 5.69 Å². The first kappa shape index (κ1) is 18.0. The standard InChI is InChI=1S/C19H22N4O3S/c1-3-26-18(25)14-17-23(22-20-14)21-19(10-4-5-11-19)16(27-17)15(24)13-8-6-12(2)7-9-13/h6-9,16,21H,3-5,10-11H2,1-2H3. The number of benzene rings is 1. The molecule has 1 fully saturated rings. The second-order valence-corrected chi connectivity index (χ2v) is 8.17. The maximum atomic E-state index is 13.4. The maximum absolute atomic E-state index is 13.4. The van der Waals surface area contributed by atoms with Gasteiger partial charge < -0.3 is 4.74 Å². The number of aryl methyl sites for hydroxylation is 1. The van der Waals surface area contributed by atoms with Gasteiger partial charge in [-0.05, 0) is 31.9 Å². The minimum absolute atomic E-state index is 0.0664. The number of fused-ring (bicyclic) bond motifs is 1. The van der Waals surface area contributed by atoms with Gasteiger partial charge in [-0.25, -0.2) is 4.79 Å². The summed E-state index contributed by atoms with van der Waals surface area (Å²) in [5.74, 6) is -0.450. The van der Waals surface area contributed by atoms with Crippen LogP contribution in [0.15, 0.2) is 29.3 Å².